The van der Waals surface area contributed by atoms with Gasteiger partial charge in [0.15, 0.2) is 18.0 Å². The van der Waals surface area contributed by atoms with Crippen molar-refractivity contribution in [3.63, 3.8) is 0 Å². The number of carboxylic acids is 1. The van der Waals surface area contributed by atoms with Gasteiger partial charge in [0.1, 0.15) is 17.3 Å². The number of esters is 1. The van der Waals surface area contributed by atoms with Crippen LogP contribution in [-0.4, -0.2) is 50.9 Å². The van der Waals surface area contributed by atoms with Crippen LogP contribution in [-0.2, 0) is 23.9 Å². The Bertz CT molecular complexity index is 623. The first-order chi connectivity index (χ1) is 10.8. The Labute approximate surface area is 140 Å². The van der Waals surface area contributed by atoms with Crippen LogP contribution in [0.25, 0.3) is 0 Å². The first-order valence-corrected chi connectivity index (χ1v) is 7.64. The lowest BCUT2D eigenvalue weighted by molar-refractivity contribution is -0.197. The highest BCUT2D eigenvalue weighted by Crippen LogP contribution is 2.46. The number of nitrogens with zero attached hydrogens (tertiary/aromatic N) is 1. The number of aliphatic carboxylic acids is 1. The molecule has 0 spiro atoms. The van der Waals surface area contributed by atoms with Crippen LogP contribution < -0.4 is 0 Å². The summed E-state index contributed by atoms with van der Waals surface area (Å²) in [6.07, 6.45) is -2.73. The molecule has 1 fully saturated rings. The summed E-state index contributed by atoms with van der Waals surface area (Å²) in [5.74, 6) is -3.94. The second-order valence-corrected chi connectivity index (χ2v) is 7.95. The molecule has 2 aliphatic rings. The van der Waals surface area contributed by atoms with Gasteiger partial charge in [-0.15, -0.1) is 0 Å². The molecule has 0 saturated carbocycles. The number of carbonyl (C=O) groups excluding carboxylic acids is 2. The first kappa shape index (κ1) is 18.3. The standard InChI is InChI=1S/C16H23NO7/c1-15(2,3)10-8(13(20)21)17-11(19)7(12(17)23-10)9(18)14(22)24-16(4,5)6/h7,9,12,18H,1-6H3,(H,20,21)/t7-,9-,12+/m0/s1. The minimum Gasteiger partial charge on any atom is -0.476 e. The number of ether oxygens (including phenoxy) is 2. The molecule has 2 N–H and O–H groups in total. The normalized spacial score (nSPS) is 25.0. The summed E-state index contributed by atoms with van der Waals surface area (Å²) in [6.45, 7) is 10.2. The Kier molecular flexibility index (Phi) is 4.16. The van der Waals surface area contributed by atoms with Crippen LogP contribution in [0.4, 0.5) is 0 Å². The molecule has 0 bridgehead atoms. The summed E-state index contributed by atoms with van der Waals surface area (Å²) in [5.41, 5.74) is -1.71. The molecule has 134 valence electrons. The highest BCUT2D eigenvalue weighted by molar-refractivity contribution is 6.00. The number of amides is 1. The number of carboxylic acid groups (broad SMARTS) is 1. The summed E-state index contributed by atoms with van der Waals surface area (Å²) >= 11 is 0. The summed E-state index contributed by atoms with van der Waals surface area (Å²) < 4.78 is 10.7. The topological polar surface area (TPSA) is 113 Å². The van der Waals surface area contributed by atoms with E-state index in [0.717, 1.165) is 4.90 Å². The van der Waals surface area contributed by atoms with Crippen LogP contribution in [0.5, 0.6) is 0 Å². The van der Waals surface area contributed by atoms with Crippen molar-refractivity contribution in [3.8, 4) is 0 Å². The van der Waals surface area contributed by atoms with Crippen LogP contribution in [0.15, 0.2) is 11.5 Å². The van der Waals surface area contributed by atoms with Crippen molar-refractivity contribution in [1.29, 1.82) is 0 Å². The van der Waals surface area contributed by atoms with Crippen molar-refractivity contribution in [1.82, 2.24) is 4.90 Å². The summed E-state index contributed by atoms with van der Waals surface area (Å²) in [5, 5.41) is 19.6. The Hall–Kier alpha value is -2.09. The maximum atomic E-state index is 12.3. The van der Waals surface area contributed by atoms with Crippen LogP contribution in [0.2, 0.25) is 0 Å². The van der Waals surface area contributed by atoms with Crippen molar-refractivity contribution >= 4 is 17.8 Å². The zero-order valence-corrected chi connectivity index (χ0v) is 14.6. The molecule has 1 amide bonds. The largest absolute Gasteiger partial charge is 0.476 e. The minimum atomic E-state index is -1.72. The van der Waals surface area contributed by atoms with Crippen LogP contribution >= 0.6 is 0 Å². The lowest BCUT2D eigenvalue weighted by atomic mass is 9.89. The lowest BCUT2D eigenvalue weighted by Crippen LogP contribution is -2.64. The van der Waals surface area contributed by atoms with Crippen molar-refractivity contribution < 1.29 is 34.1 Å². The summed E-state index contributed by atoms with van der Waals surface area (Å²) in [6, 6.07) is 0. The summed E-state index contributed by atoms with van der Waals surface area (Å²) in [4.78, 5) is 36.8. The van der Waals surface area contributed by atoms with Gasteiger partial charge in [-0.2, -0.15) is 0 Å². The number of carbonyl (C=O) groups is 3. The molecule has 3 atom stereocenters. The number of rotatable bonds is 3. The van der Waals surface area contributed by atoms with Gasteiger partial charge >= 0.3 is 11.9 Å². The zero-order chi connectivity index (χ0) is 18.6. The highest BCUT2D eigenvalue weighted by Gasteiger charge is 2.62. The van der Waals surface area contributed by atoms with Gasteiger partial charge in [0, 0.05) is 5.41 Å². The fourth-order valence-electron chi connectivity index (χ4n) is 2.67. The number of hydrogen-bond acceptors (Lipinski definition) is 6. The third kappa shape index (κ3) is 2.98. The fourth-order valence-corrected chi connectivity index (χ4v) is 2.67. The van der Waals surface area contributed by atoms with E-state index in [2.05, 4.69) is 0 Å². The van der Waals surface area contributed by atoms with E-state index < -0.39 is 47.1 Å². The number of aliphatic hydroxyl groups excluding tert-OH is 1. The van der Waals surface area contributed by atoms with Crippen LogP contribution in [0.3, 0.4) is 0 Å². The molecule has 8 nitrogen and oxygen atoms in total. The van der Waals surface area contributed by atoms with Gasteiger partial charge in [0.25, 0.3) is 0 Å². The van der Waals surface area contributed by atoms with Gasteiger partial charge in [-0.05, 0) is 20.8 Å². The molecular weight excluding hydrogens is 318 g/mol. The number of hydrogen-bond donors (Lipinski definition) is 2. The maximum Gasteiger partial charge on any atom is 0.356 e. The quantitative estimate of drug-likeness (QED) is 0.578. The molecule has 8 heteroatoms. The third-order valence-corrected chi connectivity index (χ3v) is 3.65. The molecular formula is C16H23NO7. The van der Waals surface area contributed by atoms with E-state index >= 15 is 0 Å². The number of β-lactam (4-membered cyclic amide) rings is 1. The average molecular weight is 341 g/mol. The lowest BCUT2D eigenvalue weighted by Gasteiger charge is -2.42. The molecule has 0 aromatic heterocycles. The zero-order valence-electron chi connectivity index (χ0n) is 14.6. The van der Waals surface area contributed by atoms with Gasteiger partial charge < -0.3 is 19.7 Å². The number of allylic oxidation sites excluding steroid dienone is 1. The highest BCUT2D eigenvalue weighted by atomic mass is 16.6. The molecule has 24 heavy (non-hydrogen) atoms. The summed E-state index contributed by atoms with van der Waals surface area (Å²) in [7, 11) is 0. The smallest absolute Gasteiger partial charge is 0.356 e. The predicted molar refractivity (Wildman–Crippen MR) is 81.2 cm³/mol. The van der Waals surface area contributed by atoms with Gasteiger partial charge in [0.2, 0.25) is 5.91 Å². The van der Waals surface area contributed by atoms with E-state index in [-0.39, 0.29) is 11.5 Å². The Balaban J connectivity index is 2.24. The van der Waals surface area contributed by atoms with Gasteiger partial charge in [0.05, 0.1) is 0 Å². The van der Waals surface area contributed by atoms with Gasteiger partial charge in [-0.1, -0.05) is 20.8 Å². The molecule has 2 heterocycles. The monoisotopic (exact) mass is 341 g/mol. The van der Waals surface area contributed by atoms with E-state index in [9.17, 15) is 24.6 Å². The Morgan fingerprint density at radius 2 is 1.75 bits per heavy atom. The molecule has 0 radical (unpaired) electrons. The maximum absolute atomic E-state index is 12.3. The van der Waals surface area contributed by atoms with Crippen molar-refractivity contribution in [3.05, 3.63) is 11.5 Å². The molecule has 1 saturated heterocycles. The average Bonchev–Trinajstić information content (AvgIpc) is 2.72. The van der Waals surface area contributed by atoms with Crippen LogP contribution in [0, 0.1) is 11.3 Å². The van der Waals surface area contributed by atoms with Crippen molar-refractivity contribution in [2.24, 2.45) is 11.3 Å². The van der Waals surface area contributed by atoms with Gasteiger partial charge in [-0.25, -0.2) is 9.59 Å². The fraction of sp³-hybridized carbons (Fsp3) is 0.688. The van der Waals surface area contributed by atoms with Crippen LogP contribution in [0.1, 0.15) is 41.5 Å². The Morgan fingerprint density at radius 3 is 2.17 bits per heavy atom. The van der Waals surface area contributed by atoms with Crippen molar-refractivity contribution in [2.45, 2.75) is 59.5 Å². The number of fused-ring (bicyclic) bond motifs is 1. The first-order valence-electron chi connectivity index (χ1n) is 7.64. The number of aliphatic hydroxyl groups is 1. The molecule has 0 aromatic carbocycles. The Morgan fingerprint density at radius 1 is 1.21 bits per heavy atom. The molecule has 0 aromatic rings. The van der Waals surface area contributed by atoms with E-state index in [1.807, 2.05) is 0 Å². The SMILES string of the molecule is CC(C)(C)OC(=O)[C@@H](O)[C@H]1C(=O)N2C(C(=O)O)=C(C(C)(C)C)O[C@H]12. The molecule has 0 aliphatic carbocycles. The molecule has 2 rings (SSSR count). The van der Waals surface area contributed by atoms with Crippen molar-refractivity contribution in [2.75, 3.05) is 0 Å². The minimum absolute atomic E-state index is 0.146. The van der Waals surface area contributed by atoms with E-state index in [0.29, 0.717) is 0 Å². The van der Waals surface area contributed by atoms with E-state index in [1.165, 1.54) is 0 Å². The second-order valence-electron chi connectivity index (χ2n) is 7.95. The third-order valence-electron chi connectivity index (χ3n) is 3.65. The van der Waals surface area contributed by atoms with E-state index in [4.69, 9.17) is 9.47 Å². The molecule has 0 unspecified atom stereocenters. The second kappa shape index (κ2) is 5.47. The molecule has 2 aliphatic heterocycles. The van der Waals surface area contributed by atoms with Gasteiger partial charge in [-0.3, -0.25) is 9.69 Å². The van der Waals surface area contributed by atoms with E-state index in [1.54, 1.807) is 41.5 Å². The predicted octanol–water partition coefficient (Wildman–Crippen LogP) is 0.846.